The van der Waals surface area contributed by atoms with Crippen LogP contribution in [0.25, 0.3) is 11.1 Å². The SMILES string of the molecule is Cc1ccc(-c2cc(C(C)(C)c3ccccc3)ccc2Br)cc1. The molecule has 3 aromatic rings. The highest BCUT2D eigenvalue weighted by Gasteiger charge is 2.23. The summed E-state index contributed by atoms with van der Waals surface area (Å²) in [6, 6.07) is 26.1. The maximum Gasteiger partial charge on any atom is 0.0253 e. The molecular formula is C22H21Br. The van der Waals surface area contributed by atoms with Gasteiger partial charge in [-0.3, -0.25) is 0 Å². The first kappa shape index (κ1) is 16.0. The second-order valence-corrected chi connectivity index (χ2v) is 7.41. The Hall–Kier alpha value is -1.86. The number of aryl methyl sites for hydroxylation is 1. The molecule has 0 bridgehead atoms. The van der Waals surface area contributed by atoms with Gasteiger partial charge in [-0.2, -0.15) is 0 Å². The molecule has 3 aromatic carbocycles. The van der Waals surface area contributed by atoms with Crippen molar-refractivity contribution in [2.75, 3.05) is 0 Å². The predicted octanol–water partition coefficient (Wildman–Crippen LogP) is 6.75. The van der Waals surface area contributed by atoms with Crippen LogP contribution in [-0.4, -0.2) is 0 Å². The summed E-state index contributed by atoms with van der Waals surface area (Å²) in [4.78, 5) is 0. The number of halogens is 1. The highest BCUT2D eigenvalue weighted by molar-refractivity contribution is 9.10. The van der Waals surface area contributed by atoms with Crippen LogP contribution in [0.15, 0.2) is 77.3 Å². The zero-order valence-electron chi connectivity index (χ0n) is 13.8. The molecule has 3 rings (SSSR count). The molecule has 0 amide bonds. The summed E-state index contributed by atoms with van der Waals surface area (Å²) in [6.07, 6.45) is 0. The first-order valence-corrected chi connectivity index (χ1v) is 8.70. The minimum atomic E-state index is -0.0264. The zero-order valence-corrected chi connectivity index (χ0v) is 15.4. The molecule has 0 aliphatic heterocycles. The van der Waals surface area contributed by atoms with Crippen molar-refractivity contribution in [1.82, 2.24) is 0 Å². The molecule has 0 nitrogen and oxygen atoms in total. The van der Waals surface area contributed by atoms with Gasteiger partial charge in [0.05, 0.1) is 0 Å². The lowest BCUT2D eigenvalue weighted by molar-refractivity contribution is 0.641. The summed E-state index contributed by atoms with van der Waals surface area (Å²) in [7, 11) is 0. The summed E-state index contributed by atoms with van der Waals surface area (Å²) in [6.45, 7) is 6.68. The smallest absolute Gasteiger partial charge is 0.0253 e. The Morgan fingerprint density at radius 2 is 1.39 bits per heavy atom. The second kappa shape index (κ2) is 6.33. The Kier molecular flexibility index (Phi) is 4.41. The molecule has 116 valence electrons. The van der Waals surface area contributed by atoms with Gasteiger partial charge in [0, 0.05) is 9.89 Å². The molecule has 0 saturated heterocycles. The van der Waals surface area contributed by atoms with Crippen molar-refractivity contribution < 1.29 is 0 Å². The van der Waals surface area contributed by atoms with Crippen LogP contribution in [0.4, 0.5) is 0 Å². The van der Waals surface area contributed by atoms with E-state index in [4.69, 9.17) is 0 Å². The van der Waals surface area contributed by atoms with Crippen LogP contribution in [0.1, 0.15) is 30.5 Å². The molecule has 0 saturated carbocycles. The lowest BCUT2D eigenvalue weighted by Gasteiger charge is -2.27. The number of hydrogen-bond acceptors (Lipinski definition) is 0. The van der Waals surface area contributed by atoms with E-state index >= 15 is 0 Å². The van der Waals surface area contributed by atoms with Crippen molar-refractivity contribution in [3.63, 3.8) is 0 Å². The largest absolute Gasteiger partial charge is 0.0622 e. The zero-order chi connectivity index (χ0) is 16.4. The van der Waals surface area contributed by atoms with Crippen molar-refractivity contribution in [3.8, 4) is 11.1 Å². The quantitative estimate of drug-likeness (QED) is 0.482. The number of hydrogen-bond donors (Lipinski definition) is 0. The van der Waals surface area contributed by atoms with E-state index in [0.29, 0.717) is 0 Å². The first-order valence-electron chi connectivity index (χ1n) is 7.91. The third kappa shape index (κ3) is 3.25. The lowest BCUT2D eigenvalue weighted by Crippen LogP contribution is -2.18. The van der Waals surface area contributed by atoms with Crippen LogP contribution in [-0.2, 0) is 5.41 Å². The second-order valence-electron chi connectivity index (χ2n) is 6.55. The molecule has 23 heavy (non-hydrogen) atoms. The highest BCUT2D eigenvalue weighted by Crippen LogP contribution is 2.36. The van der Waals surface area contributed by atoms with E-state index in [-0.39, 0.29) is 5.41 Å². The van der Waals surface area contributed by atoms with Gasteiger partial charge in [0.15, 0.2) is 0 Å². The van der Waals surface area contributed by atoms with Gasteiger partial charge < -0.3 is 0 Å². The Bertz CT molecular complexity index is 799. The average Bonchev–Trinajstić information content (AvgIpc) is 2.57. The molecule has 0 spiro atoms. The molecule has 0 radical (unpaired) electrons. The van der Waals surface area contributed by atoms with E-state index in [9.17, 15) is 0 Å². The molecule has 0 aromatic heterocycles. The number of benzene rings is 3. The Balaban J connectivity index is 2.09. The molecule has 0 aliphatic rings. The topological polar surface area (TPSA) is 0 Å². The highest BCUT2D eigenvalue weighted by atomic mass is 79.9. The van der Waals surface area contributed by atoms with Crippen molar-refractivity contribution in [1.29, 1.82) is 0 Å². The van der Waals surface area contributed by atoms with Crippen LogP contribution in [0, 0.1) is 6.92 Å². The van der Waals surface area contributed by atoms with Crippen LogP contribution in [0.2, 0.25) is 0 Å². The van der Waals surface area contributed by atoms with Gasteiger partial charge >= 0.3 is 0 Å². The van der Waals surface area contributed by atoms with Gasteiger partial charge in [-0.15, -0.1) is 0 Å². The van der Waals surface area contributed by atoms with Gasteiger partial charge in [-0.25, -0.2) is 0 Å². The Morgan fingerprint density at radius 1 is 0.739 bits per heavy atom. The molecule has 0 aliphatic carbocycles. The maximum absolute atomic E-state index is 3.71. The van der Waals surface area contributed by atoms with Crippen molar-refractivity contribution in [2.45, 2.75) is 26.2 Å². The van der Waals surface area contributed by atoms with Gasteiger partial charge in [-0.1, -0.05) is 96.0 Å². The summed E-state index contributed by atoms with van der Waals surface area (Å²) in [5, 5.41) is 0. The monoisotopic (exact) mass is 364 g/mol. The van der Waals surface area contributed by atoms with Crippen LogP contribution in [0.5, 0.6) is 0 Å². The molecule has 0 N–H and O–H groups in total. The van der Waals surface area contributed by atoms with E-state index in [1.165, 1.54) is 27.8 Å². The first-order chi connectivity index (χ1) is 11.0. The van der Waals surface area contributed by atoms with Crippen LogP contribution >= 0.6 is 15.9 Å². The summed E-state index contributed by atoms with van der Waals surface area (Å²) in [5.74, 6) is 0. The number of rotatable bonds is 3. The van der Waals surface area contributed by atoms with Crippen LogP contribution in [0.3, 0.4) is 0 Å². The molecule has 0 fully saturated rings. The van der Waals surface area contributed by atoms with Gasteiger partial charge in [-0.05, 0) is 41.3 Å². The molecule has 0 unspecified atom stereocenters. The fraction of sp³-hybridized carbons (Fsp3) is 0.182. The summed E-state index contributed by atoms with van der Waals surface area (Å²) in [5.41, 5.74) is 6.39. The molecule has 1 heteroatoms. The minimum absolute atomic E-state index is 0.0264. The van der Waals surface area contributed by atoms with Gasteiger partial charge in [0.1, 0.15) is 0 Å². The molecule has 0 heterocycles. The van der Waals surface area contributed by atoms with E-state index in [0.717, 1.165) is 4.47 Å². The Morgan fingerprint density at radius 3 is 2.04 bits per heavy atom. The van der Waals surface area contributed by atoms with Crippen molar-refractivity contribution in [3.05, 3.63) is 94.0 Å². The van der Waals surface area contributed by atoms with E-state index in [2.05, 4.69) is 109 Å². The summed E-state index contributed by atoms with van der Waals surface area (Å²) >= 11 is 3.71. The van der Waals surface area contributed by atoms with Crippen molar-refractivity contribution >= 4 is 15.9 Å². The average molecular weight is 365 g/mol. The van der Waals surface area contributed by atoms with E-state index in [1.54, 1.807) is 0 Å². The molecular weight excluding hydrogens is 344 g/mol. The third-order valence-corrected chi connectivity index (χ3v) is 5.24. The standard InChI is InChI=1S/C22H21Br/c1-16-9-11-17(12-10-16)20-15-19(13-14-21(20)23)22(2,3)18-7-5-4-6-8-18/h4-15H,1-3H3. The predicted molar refractivity (Wildman–Crippen MR) is 103 cm³/mol. The lowest BCUT2D eigenvalue weighted by atomic mass is 9.77. The molecule has 0 atom stereocenters. The third-order valence-electron chi connectivity index (χ3n) is 4.55. The van der Waals surface area contributed by atoms with Crippen LogP contribution < -0.4 is 0 Å². The Labute approximate surface area is 147 Å². The fourth-order valence-electron chi connectivity index (χ4n) is 2.89. The summed E-state index contributed by atoms with van der Waals surface area (Å²) < 4.78 is 1.13. The minimum Gasteiger partial charge on any atom is -0.0622 e. The van der Waals surface area contributed by atoms with E-state index in [1.807, 2.05) is 0 Å². The van der Waals surface area contributed by atoms with Gasteiger partial charge in [0.2, 0.25) is 0 Å². The van der Waals surface area contributed by atoms with Crippen molar-refractivity contribution in [2.24, 2.45) is 0 Å². The normalized spacial score (nSPS) is 11.5. The van der Waals surface area contributed by atoms with Gasteiger partial charge in [0.25, 0.3) is 0 Å². The maximum atomic E-state index is 3.71. The van der Waals surface area contributed by atoms with E-state index < -0.39 is 0 Å². The fourth-order valence-corrected chi connectivity index (χ4v) is 3.37.